The molecule has 124 valence electrons. The molecule has 4 rings (SSSR count). The zero-order valence-electron chi connectivity index (χ0n) is 13.4. The van der Waals surface area contributed by atoms with Gasteiger partial charge in [0.1, 0.15) is 0 Å². The van der Waals surface area contributed by atoms with E-state index in [2.05, 4.69) is 29.2 Å². The summed E-state index contributed by atoms with van der Waals surface area (Å²) < 4.78 is 27.0. The van der Waals surface area contributed by atoms with Gasteiger partial charge in [-0.05, 0) is 60.0 Å². The summed E-state index contributed by atoms with van der Waals surface area (Å²) in [7, 11) is -3.37. The smallest absolute Gasteiger partial charge is 0.243 e. The lowest BCUT2D eigenvalue weighted by atomic mass is 9.90. The molecular weight excluding hydrogens is 320 g/mol. The number of sulfonamides is 1. The van der Waals surface area contributed by atoms with Gasteiger partial charge >= 0.3 is 0 Å². The van der Waals surface area contributed by atoms with Crippen LogP contribution < -0.4 is 0 Å². The fourth-order valence-electron chi connectivity index (χ4n) is 3.50. The molecule has 4 nitrogen and oxygen atoms in total. The monoisotopic (exact) mass is 340 g/mol. The van der Waals surface area contributed by atoms with Crippen LogP contribution in [0.25, 0.3) is 10.9 Å². The standard InChI is InChI=1S/C19H20N2O2S/c22-24(23,18-4-2-1-3-5-18)21-12-9-15(10-13-21)16-6-7-19-17(14-16)8-11-20-19/h1-8,11,14-15,20H,9-10,12-13H2. The Bertz CT molecular complexity index is 940. The molecule has 0 amide bonds. The van der Waals surface area contributed by atoms with Gasteiger partial charge in [0.2, 0.25) is 10.0 Å². The Morgan fingerprint density at radius 1 is 0.958 bits per heavy atom. The average molecular weight is 340 g/mol. The van der Waals surface area contributed by atoms with Crippen molar-refractivity contribution in [1.29, 1.82) is 0 Å². The third-order valence-electron chi connectivity index (χ3n) is 4.88. The van der Waals surface area contributed by atoms with Crippen molar-refractivity contribution in [3.8, 4) is 0 Å². The van der Waals surface area contributed by atoms with Gasteiger partial charge in [-0.2, -0.15) is 4.31 Å². The Balaban J connectivity index is 1.50. The number of benzene rings is 2. The number of nitrogens with zero attached hydrogens (tertiary/aromatic N) is 1. The second kappa shape index (κ2) is 6.07. The molecule has 0 saturated carbocycles. The first-order valence-electron chi connectivity index (χ1n) is 8.27. The van der Waals surface area contributed by atoms with E-state index in [1.165, 1.54) is 10.9 Å². The fraction of sp³-hybridized carbons (Fsp3) is 0.263. The molecule has 0 aliphatic carbocycles. The third-order valence-corrected chi connectivity index (χ3v) is 6.80. The molecule has 0 spiro atoms. The molecule has 1 saturated heterocycles. The van der Waals surface area contributed by atoms with Gasteiger partial charge in [0.05, 0.1) is 4.90 Å². The fourth-order valence-corrected chi connectivity index (χ4v) is 4.99. The van der Waals surface area contributed by atoms with Crippen molar-refractivity contribution in [3.05, 3.63) is 66.4 Å². The van der Waals surface area contributed by atoms with Crippen molar-refractivity contribution >= 4 is 20.9 Å². The number of aromatic amines is 1. The van der Waals surface area contributed by atoms with Gasteiger partial charge in [0, 0.05) is 24.8 Å². The number of aromatic nitrogens is 1. The van der Waals surface area contributed by atoms with Crippen LogP contribution in [0.15, 0.2) is 65.7 Å². The van der Waals surface area contributed by atoms with Crippen LogP contribution in [0.2, 0.25) is 0 Å². The van der Waals surface area contributed by atoms with Gasteiger partial charge in [-0.3, -0.25) is 0 Å². The predicted octanol–water partition coefficient (Wildman–Crippen LogP) is 3.74. The number of fused-ring (bicyclic) bond motifs is 1. The molecule has 3 aromatic rings. The molecule has 0 atom stereocenters. The molecule has 0 radical (unpaired) electrons. The van der Waals surface area contributed by atoms with Gasteiger partial charge in [-0.15, -0.1) is 0 Å². The van der Waals surface area contributed by atoms with Crippen molar-refractivity contribution in [2.24, 2.45) is 0 Å². The zero-order chi connectivity index (χ0) is 16.6. The molecule has 1 aliphatic rings. The van der Waals surface area contributed by atoms with Crippen LogP contribution in [0.4, 0.5) is 0 Å². The van der Waals surface area contributed by atoms with Crippen LogP contribution in [-0.2, 0) is 10.0 Å². The zero-order valence-corrected chi connectivity index (χ0v) is 14.2. The molecule has 0 unspecified atom stereocenters. The summed E-state index contributed by atoms with van der Waals surface area (Å²) >= 11 is 0. The first-order valence-corrected chi connectivity index (χ1v) is 9.71. The summed E-state index contributed by atoms with van der Waals surface area (Å²) in [6.45, 7) is 1.15. The van der Waals surface area contributed by atoms with E-state index in [1.54, 1.807) is 28.6 Å². The number of nitrogens with one attached hydrogen (secondary N) is 1. The summed E-state index contributed by atoms with van der Waals surface area (Å²) in [5.74, 6) is 0.423. The first-order chi connectivity index (χ1) is 11.6. The Labute approximate surface area is 142 Å². The van der Waals surface area contributed by atoms with E-state index in [-0.39, 0.29) is 0 Å². The lowest BCUT2D eigenvalue weighted by Crippen LogP contribution is -2.37. The Morgan fingerprint density at radius 2 is 1.71 bits per heavy atom. The number of hydrogen-bond acceptors (Lipinski definition) is 2. The SMILES string of the molecule is O=S(=O)(c1ccccc1)N1CCC(c2ccc3[nH]ccc3c2)CC1. The summed E-state index contributed by atoms with van der Waals surface area (Å²) in [4.78, 5) is 3.59. The van der Waals surface area contributed by atoms with Crippen molar-refractivity contribution in [2.75, 3.05) is 13.1 Å². The molecule has 0 bridgehead atoms. The van der Waals surface area contributed by atoms with Crippen LogP contribution in [-0.4, -0.2) is 30.8 Å². The normalized spacial score (nSPS) is 17.3. The summed E-state index contributed by atoms with van der Waals surface area (Å²) in [6.07, 6.45) is 3.67. The summed E-state index contributed by atoms with van der Waals surface area (Å²) in [5.41, 5.74) is 2.45. The van der Waals surface area contributed by atoms with Crippen LogP contribution in [0.1, 0.15) is 24.3 Å². The highest BCUT2D eigenvalue weighted by Crippen LogP contribution is 2.32. The molecule has 1 aromatic heterocycles. The van der Waals surface area contributed by atoms with E-state index in [9.17, 15) is 8.42 Å². The average Bonchev–Trinajstić information content (AvgIpc) is 3.10. The minimum absolute atomic E-state index is 0.386. The van der Waals surface area contributed by atoms with E-state index in [0.717, 1.165) is 18.4 Å². The Morgan fingerprint density at radius 3 is 2.46 bits per heavy atom. The Kier molecular flexibility index (Phi) is 3.90. The van der Waals surface area contributed by atoms with Crippen molar-refractivity contribution in [1.82, 2.24) is 9.29 Å². The maximum absolute atomic E-state index is 12.7. The lowest BCUT2D eigenvalue weighted by molar-refractivity contribution is 0.319. The number of H-pyrrole nitrogens is 1. The summed E-state index contributed by atoms with van der Waals surface area (Å²) in [6, 6.07) is 17.3. The van der Waals surface area contributed by atoms with E-state index >= 15 is 0 Å². The second-order valence-electron chi connectivity index (χ2n) is 6.32. The van der Waals surface area contributed by atoms with Crippen LogP contribution >= 0.6 is 0 Å². The molecule has 2 aromatic carbocycles. The highest BCUT2D eigenvalue weighted by molar-refractivity contribution is 7.89. The van der Waals surface area contributed by atoms with Crippen LogP contribution in [0.3, 0.4) is 0 Å². The van der Waals surface area contributed by atoms with Crippen LogP contribution in [0, 0.1) is 0 Å². The highest BCUT2D eigenvalue weighted by atomic mass is 32.2. The molecule has 2 heterocycles. The number of piperidine rings is 1. The third kappa shape index (κ3) is 2.74. The number of rotatable bonds is 3. The first kappa shape index (κ1) is 15.4. The minimum atomic E-state index is -3.37. The summed E-state index contributed by atoms with van der Waals surface area (Å²) in [5, 5.41) is 1.21. The van der Waals surface area contributed by atoms with Crippen molar-refractivity contribution < 1.29 is 8.42 Å². The molecule has 1 fully saturated rings. The largest absolute Gasteiger partial charge is 0.361 e. The molecule has 5 heteroatoms. The maximum Gasteiger partial charge on any atom is 0.243 e. The molecular formula is C19H20N2O2S. The maximum atomic E-state index is 12.7. The predicted molar refractivity (Wildman–Crippen MR) is 95.5 cm³/mol. The topological polar surface area (TPSA) is 53.2 Å². The van der Waals surface area contributed by atoms with Gasteiger partial charge in [0.25, 0.3) is 0 Å². The molecule has 1 aliphatic heterocycles. The molecule has 1 N–H and O–H groups in total. The van der Waals surface area contributed by atoms with Crippen molar-refractivity contribution in [3.63, 3.8) is 0 Å². The van der Waals surface area contributed by atoms with E-state index < -0.39 is 10.0 Å². The number of hydrogen-bond donors (Lipinski definition) is 1. The van der Waals surface area contributed by atoms with Crippen LogP contribution in [0.5, 0.6) is 0 Å². The quantitative estimate of drug-likeness (QED) is 0.790. The van der Waals surface area contributed by atoms with Crippen molar-refractivity contribution in [2.45, 2.75) is 23.7 Å². The van der Waals surface area contributed by atoms with E-state index in [0.29, 0.717) is 23.9 Å². The second-order valence-corrected chi connectivity index (χ2v) is 8.25. The highest BCUT2D eigenvalue weighted by Gasteiger charge is 2.29. The molecule has 24 heavy (non-hydrogen) atoms. The minimum Gasteiger partial charge on any atom is -0.361 e. The van der Waals surface area contributed by atoms with Gasteiger partial charge < -0.3 is 4.98 Å². The van der Waals surface area contributed by atoms with Gasteiger partial charge in [0.15, 0.2) is 0 Å². The van der Waals surface area contributed by atoms with Gasteiger partial charge in [-0.1, -0.05) is 24.3 Å². The Hall–Kier alpha value is -2.11. The lowest BCUT2D eigenvalue weighted by Gasteiger charge is -2.31. The van der Waals surface area contributed by atoms with E-state index in [4.69, 9.17) is 0 Å². The van der Waals surface area contributed by atoms with Gasteiger partial charge in [-0.25, -0.2) is 8.42 Å². The van der Waals surface area contributed by atoms with E-state index in [1.807, 2.05) is 12.3 Å².